The summed E-state index contributed by atoms with van der Waals surface area (Å²) < 4.78 is 5.52. The Morgan fingerprint density at radius 2 is 2.06 bits per heavy atom. The lowest BCUT2D eigenvalue weighted by atomic mass is 9.90. The minimum Gasteiger partial charge on any atom is -0.379 e. The molecule has 1 fully saturated rings. The first kappa shape index (κ1) is 13.1. The fourth-order valence-electron chi connectivity index (χ4n) is 2.58. The maximum Gasteiger partial charge on any atom is 0.223 e. The summed E-state index contributed by atoms with van der Waals surface area (Å²) in [7, 11) is 1.74. The molecule has 18 heavy (non-hydrogen) atoms. The molecule has 1 amide bonds. The van der Waals surface area contributed by atoms with Gasteiger partial charge in [0.05, 0.1) is 6.10 Å². The number of benzene rings is 1. The van der Waals surface area contributed by atoms with Crippen LogP contribution in [0.25, 0.3) is 0 Å². The molecule has 2 atom stereocenters. The van der Waals surface area contributed by atoms with Crippen molar-refractivity contribution in [1.82, 2.24) is 4.90 Å². The van der Waals surface area contributed by atoms with Gasteiger partial charge in [-0.25, -0.2) is 0 Å². The van der Waals surface area contributed by atoms with Gasteiger partial charge in [-0.1, -0.05) is 43.7 Å². The van der Waals surface area contributed by atoms with E-state index in [1.807, 2.05) is 23.1 Å². The first-order chi connectivity index (χ1) is 8.74. The fraction of sp³-hybridized carbons (Fsp3) is 0.533. The van der Waals surface area contributed by atoms with Crippen molar-refractivity contribution in [3.8, 4) is 0 Å². The van der Waals surface area contributed by atoms with Crippen LogP contribution in [0.1, 0.15) is 25.3 Å². The third kappa shape index (κ3) is 2.91. The van der Waals surface area contributed by atoms with Gasteiger partial charge >= 0.3 is 0 Å². The Labute approximate surface area is 109 Å². The van der Waals surface area contributed by atoms with Crippen molar-refractivity contribution in [1.29, 1.82) is 0 Å². The van der Waals surface area contributed by atoms with Gasteiger partial charge in [-0.05, 0) is 11.5 Å². The number of carbonyl (C=O) groups is 1. The second kappa shape index (κ2) is 6.01. The van der Waals surface area contributed by atoms with Crippen molar-refractivity contribution in [2.24, 2.45) is 5.92 Å². The largest absolute Gasteiger partial charge is 0.379 e. The van der Waals surface area contributed by atoms with Gasteiger partial charge in [-0.3, -0.25) is 4.79 Å². The van der Waals surface area contributed by atoms with Gasteiger partial charge < -0.3 is 9.64 Å². The highest BCUT2D eigenvalue weighted by Gasteiger charge is 2.32. The summed E-state index contributed by atoms with van der Waals surface area (Å²) in [6.45, 7) is 3.52. The van der Waals surface area contributed by atoms with Crippen LogP contribution in [0, 0.1) is 5.92 Å². The number of ether oxygens (including phenoxy) is 1. The maximum absolute atomic E-state index is 12.1. The van der Waals surface area contributed by atoms with Crippen LogP contribution in [0.5, 0.6) is 0 Å². The zero-order valence-electron chi connectivity index (χ0n) is 11.1. The van der Waals surface area contributed by atoms with Crippen LogP contribution in [0.3, 0.4) is 0 Å². The van der Waals surface area contributed by atoms with Crippen LogP contribution in [0.2, 0.25) is 0 Å². The third-order valence-electron chi connectivity index (χ3n) is 3.76. The molecule has 3 heteroatoms. The van der Waals surface area contributed by atoms with Crippen molar-refractivity contribution in [3.63, 3.8) is 0 Å². The maximum atomic E-state index is 12.1. The van der Waals surface area contributed by atoms with E-state index in [0.717, 1.165) is 6.42 Å². The Kier molecular flexibility index (Phi) is 4.37. The molecule has 3 nitrogen and oxygen atoms in total. The first-order valence-electron chi connectivity index (χ1n) is 6.59. The summed E-state index contributed by atoms with van der Waals surface area (Å²) in [6.07, 6.45) is 1.79. The molecule has 1 aliphatic heterocycles. The zero-order valence-corrected chi connectivity index (χ0v) is 11.1. The Balaban J connectivity index is 2.03. The number of carbonyl (C=O) groups excluding carboxylic acids is 1. The van der Waals surface area contributed by atoms with Crippen LogP contribution >= 0.6 is 0 Å². The molecule has 0 N–H and O–H groups in total. The van der Waals surface area contributed by atoms with Gasteiger partial charge in [0.1, 0.15) is 0 Å². The quantitative estimate of drug-likeness (QED) is 0.818. The molecular weight excluding hydrogens is 226 g/mol. The van der Waals surface area contributed by atoms with Crippen molar-refractivity contribution in [3.05, 3.63) is 35.9 Å². The van der Waals surface area contributed by atoms with Crippen molar-refractivity contribution >= 4 is 5.91 Å². The molecule has 0 aromatic heterocycles. The Hall–Kier alpha value is -1.35. The summed E-state index contributed by atoms with van der Waals surface area (Å²) in [6, 6.07) is 10.1. The molecule has 0 spiro atoms. The Morgan fingerprint density at radius 3 is 2.67 bits per heavy atom. The number of methoxy groups -OCH3 is 1. The van der Waals surface area contributed by atoms with E-state index in [-0.39, 0.29) is 12.0 Å². The number of piperidine rings is 1. The summed E-state index contributed by atoms with van der Waals surface area (Å²) in [5.41, 5.74) is 1.18. The van der Waals surface area contributed by atoms with Crippen LogP contribution in [-0.2, 0) is 16.1 Å². The topological polar surface area (TPSA) is 29.5 Å². The van der Waals surface area contributed by atoms with Gasteiger partial charge in [0.25, 0.3) is 0 Å². The molecule has 2 rings (SSSR count). The van der Waals surface area contributed by atoms with E-state index in [1.54, 1.807) is 7.11 Å². The molecule has 1 heterocycles. The van der Waals surface area contributed by atoms with Gasteiger partial charge in [0.15, 0.2) is 0 Å². The van der Waals surface area contributed by atoms with E-state index in [0.29, 0.717) is 25.4 Å². The zero-order chi connectivity index (χ0) is 13.0. The highest BCUT2D eigenvalue weighted by Crippen LogP contribution is 2.25. The number of rotatable bonds is 4. The van der Waals surface area contributed by atoms with Gasteiger partial charge in [0.2, 0.25) is 5.91 Å². The van der Waals surface area contributed by atoms with Gasteiger partial charge in [-0.2, -0.15) is 0 Å². The van der Waals surface area contributed by atoms with E-state index in [2.05, 4.69) is 19.1 Å². The van der Waals surface area contributed by atoms with Crippen molar-refractivity contribution in [2.45, 2.75) is 32.4 Å². The predicted octanol–water partition coefficient (Wildman–Crippen LogP) is 2.46. The molecule has 2 unspecified atom stereocenters. The van der Waals surface area contributed by atoms with Crippen LogP contribution < -0.4 is 0 Å². The lowest BCUT2D eigenvalue weighted by Crippen LogP contribution is -2.47. The number of likely N-dealkylation sites (tertiary alicyclic amines) is 1. The molecule has 0 radical (unpaired) electrons. The number of hydrogen-bond acceptors (Lipinski definition) is 2. The average Bonchev–Trinajstić information content (AvgIpc) is 2.41. The average molecular weight is 247 g/mol. The normalized spacial score (nSPS) is 24.3. The predicted molar refractivity (Wildman–Crippen MR) is 71.1 cm³/mol. The molecule has 1 aromatic rings. The number of amides is 1. The van der Waals surface area contributed by atoms with Crippen molar-refractivity contribution < 1.29 is 9.53 Å². The molecule has 0 saturated carbocycles. The van der Waals surface area contributed by atoms with E-state index in [9.17, 15) is 4.79 Å². The minimum absolute atomic E-state index is 0.177. The smallest absolute Gasteiger partial charge is 0.223 e. The lowest BCUT2D eigenvalue weighted by Gasteiger charge is -2.37. The Morgan fingerprint density at radius 1 is 1.33 bits per heavy atom. The van der Waals surface area contributed by atoms with Crippen LogP contribution in [0.4, 0.5) is 0 Å². The van der Waals surface area contributed by atoms with Gasteiger partial charge in [0, 0.05) is 26.6 Å². The van der Waals surface area contributed by atoms with Crippen molar-refractivity contribution in [2.75, 3.05) is 13.7 Å². The molecular formula is C15H21NO2. The standard InChI is InChI=1S/C15H21NO2/c1-3-13-9-15(17)16(11-14(13)18-2)10-12-7-5-4-6-8-12/h4-8,13-14H,3,9-11H2,1-2H3. The third-order valence-corrected chi connectivity index (χ3v) is 3.76. The molecule has 1 saturated heterocycles. The van der Waals surface area contributed by atoms with Crippen LogP contribution in [-0.4, -0.2) is 30.6 Å². The van der Waals surface area contributed by atoms with E-state index in [4.69, 9.17) is 4.74 Å². The molecule has 98 valence electrons. The highest BCUT2D eigenvalue weighted by molar-refractivity contribution is 5.77. The summed E-state index contributed by atoms with van der Waals surface area (Å²) >= 11 is 0. The minimum atomic E-state index is 0.177. The van der Waals surface area contributed by atoms with E-state index >= 15 is 0 Å². The molecule has 1 aromatic carbocycles. The monoisotopic (exact) mass is 247 g/mol. The summed E-state index contributed by atoms with van der Waals surface area (Å²) in [5, 5.41) is 0. The molecule has 1 aliphatic rings. The lowest BCUT2D eigenvalue weighted by molar-refractivity contribution is -0.142. The second-order valence-electron chi connectivity index (χ2n) is 4.91. The van der Waals surface area contributed by atoms with E-state index in [1.165, 1.54) is 5.56 Å². The molecule has 0 aliphatic carbocycles. The highest BCUT2D eigenvalue weighted by atomic mass is 16.5. The fourth-order valence-corrected chi connectivity index (χ4v) is 2.58. The first-order valence-corrected chi connectivity index (χ1v) is 6.59. The SMILES string of the molecule is CCC1CC(=O)N(Cc2ccccc2)CC1OC. The Bertz CT molecular complexity index is 391. The van der Waals surface area contributed by atoms with E-state index < -0.39 is 0 Å². The number of hydrogen-bond donors (Lipinski definition) is 0. The molecule has 0 bridgehead atoms. The summed E-state index contributed by atoms with van der Waals surface area (Å²) in [5.74, 6) is 0.619. The second-order valence-corrected chi connectivity index (χ2v) is 4.91. The summed E-state index contributed by atoms with van der Waals surface area (Å²) in [4.78, 5) is 14.0. The number of nitrogens with zero attached hydrogens (tertiary/aromatic N) is 1. The van der Waals surface area contributed by atoms with Crippen LogP contribution in [0.15, 0.2) is 30.3 Å². The van der Waals surface area contributed by atoms with Gasteiger partial charge in [-0.15, -0.1) is 0 Å².